The summed E-state index contributed by atoms with van der Waals surface area (Å²) in [6, 6.07) is 0. The molecule has 0 bridgehead atoms. The average Bonchev–Trinajstić information content (AvgIpc) is 2.80. The van der Waals surface area contributed by atoms with Gasteiger partial charge in [-0.1, -0.05) is 40.5 Å². The molecule has 0 N–H and O–H groups in total. The molecule has 0 saturated heterocycles. The fourth-order valence-corrected chi connectivity index (χ4v) is 3.82. The van der Waals surface area contributed by atoms with E-state index in [2.05, 4.69) is 27.7 Å². The third-order valence-corrected chi connectivity index (χ3v) is 5.68. The minimum absolute atomic E-state index is 1.02. The molecule has 0 heterocycles. The van der Waals surface area contributed by atoms with Crippen molar-refractivity contribution in [3.8, 4) is 0 Å². The van der Waals surface area contributed by atoms with Gasteiger partial charge in [0.05, 0.1) is 0 Å². The van der Waals surface area contributed by atoms with E-state index < -0.39 is 0 Å². The van der Waals surface area contributed by atoms with Crippen molar-refractivity contribution in [3.05, 3.63) is 0 Å². The highest BCUT2D eigenvalue weighted by molar-refractivity contribution is 4.95. The van der Waals surface area contributed by atoms with Gasteiger partial charge in [0, 0.05) is 0 Å². The molecule has 0 heteroatoms. The smallest absolute Gasteiger partial charge is 0.0329 e. The van der Waals surface area contributed by atoms with Gasteiger partial charge < -0.3 is 0 Å². The maximum atomic E-state index is 2.45. The number of rotatable bonds is 5. The average molecular weight is 208 g/mol. The van der Waals surface area contributed by atoms with E-state index in [1.54, 1.807) is 0 Å². The lowest BCUT2D eigenvalue weighted by molar-refractivity contribution is 0.166. The largest absolute Gasteiger partial charge is 0.0651 e. The molecule has 5 atom stereocenters. The fraction of sp³-hybridized carbons (Fsp3) is 1.00. The predicted octanol–water partition coefficient (Wildman–Crippen LogP) is 4.74. The van der Waals surface area contributed by atoms with Crippen LogP contribution < -0.4 is 0 Å². The van der Waals surface area contributed by atoms with Crippen molar-refractivity contribution in [1.29, 1.82) is 0 Å². The van der Waals surface area contributed by atoms with Gasteiger partial charge in [0.15, 0.2) is 0 Å². The lowest BCUT2D eigenvalue weighted by Crippen LogP contribution is -2.23. The van der Waals surface area contributed by atoms with Crippen LogP contribution in [-0.4, -0.2) is 0 Å². The summed E-state index contributed by atoms with van der Waals surface area (Å²) < 4.78 is 0. The fourth-order valence-electron chi connectivity index (χ4n) is 3.82. The first-order chi connectivity index (χ1) is 7.15. The van der Waals surface area contributed by atoms with Crippen LogP contribution in [0.25, 0.3) is 0 Å². The van der Waals surface area contributed by atoms with E-state index in [1.807, 2.05) is 0 Å². The van der Waals surface area contributed by atoms with Gasteiger partial charge in [0.25, 0.3) is 0 Å². The Morgan fingerprint density at radius 3 is 2.07 bits per heavy atom. The van der Waals surface area contributed by atoms with E-state index in [4.69, 9.17) is 0 Å². The highest BCUT2D eigenvalue weighted by Crippen LogP contribution is 2.53. The van der Waals surface area contributed by atoms with Crippen LogP contribution in [0.2, 0.25) is 0 Å². The SMILES string of the molecule is CCC(CCC1CCC1C)C1C(C)C1C. The van der Waals surface area contributed by atoms with Crippen LogP contribution in [0.4, 0.5) is 0 Å². The summed E-state index contributed by atoms with van der Waals surface area (Å²) in [5.41, 5.74) is 0. The predicted molar refractivity (Wildman–Crippen MR) is 66.7 cm³/mol. The Morgan fingerprint density at radius 2 is 1.73 bits per heavy atom. The van der Waals surface area contributed by atoms with Crippen LogP contribution in [0.15, 0.2) is 0 Å². The Morgan fingerprint density at radius 1 is 1.07 bits per heavy atom. The van der Waals surface area contributed by atoms with Gasteiger partial charge in [-0.15, -0.1) is 0 Å². The molecular formula is C15H28. The van der Waals surface area contributed by atoms with E-state index >= 15 is 0 Å². The van der Waals surface area contributed by atoms with E-state index in [0.29, 0.717) is 0 Å². The molecule has 0 aromatic carbocycles. The molecule has 0 aliphatic heterocycles. The van der Waals surface area contributed by atoms with Gasteiger partial charge in [-0.25, -0.2) is 0 Å². The highest BCUT2D eigenvalue weighted by Gasteiger charge is 2.46. The number of hydrogen-bond acceptors (Lipinski definition) is 0. The Kier molecular flexibility index (Phi) is 3.42. The maximum Gasteiger partial charge on any atom is -0.0329 e. The molecule has 0 amide bonds. The van der Waals surface area contributed by atoms with Gasteiger partial charge in [0.2, 0.25) is 0 Å². The van der Waals surface area contributed by atoms with E-state index in [1.165, 1.54) is 32.1 Å². The minimum Gasteiger partial charge on any atom is -0.0651 e. The van der Waals surface area contributed by atoms with Crippen molar-refractivity contribution >= 4 is 0 Å². The molecule has 0 aromatic rings. The minimum atomic E-state index is 1.02. The van der Waals surface area contributed by atoms with Crippen LogP contribution in [0, 0.1) is 35.5 Å². The summed E-state index contributed by atoms with van der Waals surface area (Å²) in [5.74, 6) is 6.29. The molecule has 2 saturated carbocycles. The summed E-state index contributed by atoms with van der Waals surface area (Å²) in [4.78, 5) is 0. The first kappa shape index (κ1) is 11.5. The second-order valence-corrected chi connectivity index (χ2v) is 6.36. The van der Waals surface area contributed by atoms with Crippen molar-refractivity contribution in [1.82, 2.24) is 0 Å². The van der Waals surface area contributed by atoms with E-state index in [9.17, 15) is 0 Å². The Balaban J connectivity index is 1.72. The monoisotopic (exact) mass is 208 g/mol. The molecular weight excluding hydrogens is 180 g/mol. The zero-order valence-corrected chi connectivity index (χ0v) is 11.0. The first-order valence-corrected chi connectivity index (χ1v) is 7.15. The first-order valence-electron chi connectivity index (χ1n) is 7.15. The molecule has 2 aliphatic carbocycles. The van der Waals surface area contributed by atoms with Crippen molar-refractivity contribution in [2.24, 2.45) is 35.5 Å². The van der Waals surface area contributed by atoms with Gasteiger partial charge in [-0.3, -0.25) is 0 Å². The Hall–Kier alpha value is 0. The van der Waals surface area contributed by atoms with Gasteiger partial charge in [0.1, 0.15) is 0 Å². The summed E-state index contributed by atoms with van der Waals surface area (Å²) in [6.07, 6.45) is 7.48. The molecule has 0 radical (unpaired) electrons. The maximum absolute atomic E-state index is 2.45. The van der Waals surface area contributed by atoms with Crippen molar-refractivity contribution < 1.29 is 0 Å². The third kappa shape index (κ3) is 2.24. The van der Waals surface area contributed by atoms with Crippen LogP contribution in [0.3, 0.4) is 0 Å². The molecule has 2 rings (SSSR count). The number of hydrogen-bond donors (Lipinski definition) is 0. The quantitative estimate of drug-likeness (QED) is 0.612. The summed E-state index contributed by atoms with van der Waals surface area (Å²) >= 11 is 0. The van der Waals surface area contributed by atoms with Crippen molar-refractivity contribution in [2.75, 3.05) is 0 Å². The molecule has 88 valence electrons. The zero-order valence-electron chi connectivity index (χ0n) is 11.0. The van der Waals surface area contributed by atoms with Crippen LogP contribution >= 0.6 is 0 Å². The zero-order chi connectivity index (χ0) is 11.0. The second-order valence-electron chi connectivity index (χ2n) is 6.36. The molecule has 0 spiro atoms. The van der Waals surface area contributed by atoms with Gasteiger partial charge in [-0.2, -0.15) is 0 Å². The second kappa shape index (κ2) is 4.47. The normalized spacial score (nSPS) is 46.0. The summed E-state index contributed by atoms with van der Waals surface area (Å²) in [7, 11) is 0. The van der Waals surface area contributed by atoms with Crippen LogP contribution in [0.5, 0.6) is 0 Å². The van der Waals surface area contributed by atoms with E-state index in [0.717, 1.165) is 35.5 Å². The molecule has 0 nitrogen and oxygen atoms in total. The molecule has 0 aromatic heterocycles. The Bertz CT molecular complexity index is 200. The highest BCUT2D eigenvalue weighted by atomic mass is 14.5. The summed E-state index contributed by atoms with van der Waals surface area (Å²) in [5, 5.41) is 0. The van der Waals surface area contributed by atoms with Gasteiger partial charge >= 0.3 is 0 Å². The van der Waals surface area contributed by atoms with E-state index in [-0.39, 0.29) is 0 Å². The molecule has 15 heavy (non-hydrogen) atoms. The van der Waals surface area contributed by atoms with Crippen molar-refractivity contribution in [3.63, 3.8) is 0 Å². The van der Waals surface area contributed by atoms with Crippen LogP contribution in [0.1, 0.15) is 59.8 Å². The topological polar surface area (TPSA) is 0 Å². The molecule has 2 aliphatic rings. The lowest BCUT2D eigenvalue weighted by Gasteiger charge is -2.35. The van der Waals surface area contributed by atoms with Crippen molar-refractivity contribution in [2.45, 2.75) is 59.8 Å². The summed E-state index contributed by atoms with van der Waals surface area (Å²) in [6.45, 7) is 9.73. The lowest BCUT2D eigenvalue weighted by atomic mass is 9.71. The molecule has 2 fully saturated rings. The van der Waals surface area contributed by atoms with Gasteiger partial charge in [-0.05, 0) is 54.8 Å². The standard InChI is InChI=1S/C15H28/c1-5-13(15-11(3)12(15)4)8-9-14-7-6-10(14)2/h10-15H,5-9H2,1-4H3. The van der Waals surface area contributed by atoms with Crippen LogP contribution in [-0.2, 0) is 0 Å². The third-order valence-electron chi connectivity index (χ3n) is 5.68. The Labute approximate surface area is 95.8 Å². The molecule has 5 unspecified atom stereocenters.